The molecule has 2 unspecified atom stereocenters. The summed E-state index contributed by atoms with van der Waals surface area (Å²) >= 11 is 3.47. The normalized spacial score (nSPS) is 13.2. The lowest BCUT2D eigenvalue weighted by molar-refractivity contribution is -0.136. The van der Waals surface area contributed by atoms with E-state index in [1.807, 2.05) is 55.5 Å². The molecule has 4 nitrogen and oxygen atoms in total. The van der Waals surface area contributed by atoms with Gasteiger partial charge in [0.05, 0.1) is 16.6 Å². The van der Waals surface area contributed by atoms with Crippen LogP contribution in [0.3, 0.4) is 0 Å². The van der Waals surface area contributed by atoms with Gasteiger partial charge in [0.25, 0.3) is 5.91 Å². The zero-order valence-corrected chi connectivity index (χ0v) is 16.4. The van der Waals surface area contributed by atoms with Gasteiger partial charge in [-0.1, -0.05) is 43.3 Å². The molecular weight excluding hydrogens is 382 g/mol. The Hall–Kier alpha value is -1.85. The Balaban J connectivity index is 1.95. The monoisotopic (exact) mass is 405 g/mol. The summed E-state index contributed by atoms with van der Waals surface area (Å²) in [5, 5.41) is 10.5. The number of nitrogens with zero attached hydrogens (tertiary/aromatic N) is 1. The zero-order valence-electron chi connectivity index (χ0n) is 14.8. The van der Waals surface area contributed by atoms with Crippen molar-refractivity contribution in [3.8, 4) is 5.75 Å². The van der Waals surface area contributed by atoms with Gasteiger partial charge in [0, 0.05) is 7.05 Å². The maximum Gasteiger partial charge on any atom is 0.260 e. The largest absolute Gasteiger partial charge is 0.483 e. The smallest absolute Gasteiger partial charge is 0.260 e. The standard InChI is InChI=1S/C20H24BrNO3/c1-4-15-10-11-18(17(21)12-15)25-13-19(23)22(3)14(2)20(24)16-8-6-5-7-9-16/h5-12,14,20,24H,4,13H2,1-3H3. The summed E-state index contributed by atoms with van der Waals surface area (Å²) in [6.45, 7) is 3.83. The molecule has 2 aromatic carbocycles. The van der Waals surface area contributed by atoms with Gasteiger partial charge in [0.1, 0.15) is 5.75 Å². The third-order valence-corrected chi connectivity index (χ3v) is 4.98. The number of halogens is 1. The Morgan fingerprint density at radius 1 is 1.24 bits per heavy atom. The number of amides is 1. The molecule has 0 saturated carbocycles. The summed E-state index contributed by atoms with van der Waals surface area (Å²) in [5.74, 6) is 0.448. The summed E-state index contributed by atoms with van der Waals surface area (Å²) < 4.78 is 6.47. The number of ether oxygens (including phenoxy) is 1. The molecule has 0 bridgehead atoms. The summed E-state index contributed by atoms with van der Waals surface area (Å²) in [7, 11) is 1.68. The van der Waals surface area contributed by atoms with Crippen LogP contribution in [0.25, 0.3) is 0 Å². The first-order valence-corrected chi connectivity index (χ1v) is 9.13. The van der Waals surface area contributed by atoms with Crippen molar-refractivity contribution < 1.29 is 14.6 Å². The highest BCUT2D eigenvalue weighted by atomic mass is 79.9. The maximum atomic E-state index is 12.4. The molecule has 0 spiro atoms. The predicted molar refractivity (Wildman–Crippen MR) is 103 cm³/mol. The molecule has 0 aliphatic rings. The Bertz CT molecular complexity index is 705. The van der Waals surface area contributed by atoms with E-state index in [0.717, 1.165) is 16.5 Å². The number of carbonyl (C=O) groups is 1. The second kappa shape index (κ2) is 9.02. The zero-order chi connectivity index (χ0) is 18.4. The van der Waals surface area contributed by atoms with Crippen LogP contribution in [-0.4, -0.2) is 35.6 Å². The highest BCUT2D eigenvalue weighted by Gasteiger charge is 2.24. The van der Waals surface area contributed by atoms with Crippen LogP contribution in [0.5, 0.6) is 5.75 Å². The van der Waals surface area contributed by atoms with Crippen molar-refractivity contribution in [1.29, 1.82) is 0 Å². The van der Waals surface area contributed by atoms with E-state index in [1.54, 1.807) is 7.05 Å². The lowest BCUT2D eigenvalue weighted by atomic mass is 10.0. The van der Waals surface area contributed by atoms with Crippen LogP contribution in [0.2, 0.25) is 0 Å². The second-order valence-electron chi connectivity index (χ2n) is 6.01. The van der Waals surface area contributed by atoms with E-state index >= 15 is 0 Å². The average Bonchev–Trinajstić information content (AvgIpc) is 2.65. The van der Waals surface area contributed by atoms with E-state index in [4.69, 9.17) is 4.74 Å². The van der Waals surface area contributed by atoms with Crippen LogP contribution in [0.15, 0.2) is 53.0 Å². The molecule has 2 aromatic rings. The van der Waals surface area contributed by atoms with Gasteiger partial charge in [-0.25, -0.2) is 0 Å². The van der Waals surface area contributed by atoms with Crippen molar-refractivity contribution >= 4 is 21.8 Å². The molecule has 1 N–H and O–H groups in total. The molecule has 5 heteroatoms. The average molecular weight is 406 g/mol. The van der Waals surface area contributed by atoms with Crippen LogP contribution in [0, 0.1) is 0 Å². The quantitative estimate of drug-likeness (QED) is 0.757. The minimum atomic E-state index is -0.745. The molecule has 0 aliphatic heterocycles. The first-order chi connectivity index (χ1) is 11.9. The molecule has 0 aliphatic carbocycles. The first kappa shape index (κ1) is 19.5. The fraction of sp³-hybridized carbons (Fsp3) is 0.350. The molecule has 1 amide bonds. The van der Waals surface area contributed by atoms with E-state index in [-0.39, 0.29) is 18.6 Å². The predicted octanol–water partition coefficient (Wildman–Crippen LogP) is 3.97. The van der Waals surface area contributed by atoms with Gasteiger partial charge in [-0.2, -0.15) is 0 Å². The van der Waals surface area contributed by atoms with Crippen LogP contribution < -0.4 is 4.74 Å². The van der Waals surface area contributed by atoms with Crippen molar-refractivity contribution in [2.75, 3.05) is 13.7 Å². The van der Waals surface area contributed by atoms with Crippen molar-refractivity contribution in [1.82, 2.24) is 4.90 Å². The van der Waals surface area contributed by atoms with Crippen molar-refractivity contribution in [3.05, 3.63) is 64.1 Å². The summed E-state index contributed by atoms with van der Waals surface area (Å²) in [6.07, 6.45) is 0.195. The number of carbonyl (C=O) groups excluding carboxylic acids is 1. The summed E-state index contributed by atoms with van der Waals surface area (Å²) in [6, 6.07) is 14.8. The highest BCUT2D eigenvalue weighted by molar-refractivity contribution is 9.10. The van der Waals surface area contributed by atoms with Crippen LogP contribution in [0.4, 0.5) is 0 Å². The van der Waals surface area contributed by atoms with Gasteiger partial charge in [0.15, 0.2) is 6.61 Å². The highest BCUT2D eigenvalue weighted by Crippen LogP contribution is 2.26. The number of hydrogen-bond donors (Lipinski definition) is 1. The molecule has 2 atom stereocenters. The lowest BCUT2D eigenvalue weighted by Crippen LogP contribution is -2.41. The molecule has 25 heavy (non-hydrogen) atoms. The Morgan fingerprint density at radius 3 is 2.52 bits per heavy atom. The van der Waals surface area contributed by atoms with Crippen molar-refractivity contribution in [3.63, 3.8) is 0 Å². The lowest BCUT2D eigenvalue weighted by Gasteiger charge is -2.29. The van der Waals surface area contributed by atoms with Gasteiger partial charge in [-0.15, -0.1) is 0 Å². The minimum Gasteiger partial charge on any atom is -0.483 e. The molecule has 134 valence electrons. The van der Waals surface area contributed by atoms with E-state index in [9.17, 15) is 9.90 Å². The number of benzene rings is 2. The van der Waals surface area contributed by atoms with Gasteiger partial charge in [-0.3, -0.25) is 4.79 Å². The third kappa shape index (κ3) is 5.06. The van der Waals surface area contributed by atoms with Crippen molar-refractivity contribution in [2.45, 2.75) is 32.4 Å². The Labute approximate surface area is 157 Å². The van der Waals surface area contributed by atoms with Gasteiger partial charge in [-0.05, 0) is 52.5 Å². The van der Waals surface area contributed by atoms with Crippen LogP contribution in [0.1, 0.15) is 31.1 Å². The topological polar surface area (TPSA) is 49.8 Å². The van der Waals surface area contributed by atoms with Crippen LogP contribution >= 0.6 is 15.9 Å². The minimum absolute atomic E-state index is 0.0770. The van der Waals surface area contributed by atoms with E-state index in [2.05, 4.69) is 22.9 Å². The number of rotatable bonds is 7. The molecule has 0 radical (unpaired) electrons. The number of aliphatic hydroxyl groups excluding tert-OH is 1. The summed E-state index contributed by atoms with van der Waals surface area (Å²) in [5.41, 5.74) is 1.98. The maximum absolute atomic E-state index is 12.4. The Morgan fingerprint density at radius 2 is 1.92 bits per heavy atom. The molecule has 0 saturated heterocycles. The molecule has 0 fully saturated rings. The molecular formula is C20H24BrNO3. The van der Waals surface area contributed by atoms with E-state index < -0.39 is 6.10 Å². The van der Waals surface area contributed by atoms with Gasteiger partial charge >= 0.3 is 0 Å². The third-order valence-electron chi connectivity index (χ3n) is 4.36. The second-order valence-corrected chi connectivity index (χ2v) is 6.86. The fourth-order valence-corrected chi connectivity index (χ4v) is 3.03. The number of likely N-dealkylation sites (N-methyl/N-ethyl adjacent to an activating group) is 1. The number of aliphatic hydroxyl groups is 1. The van der Waals surface area contributed by atoms with Gasteiger partial charge in [0.2, 0.25) is 0 Å². The van der Waals surface area contributed by atoms with E-state index in [1.165, 1.54) is 10.5 Å². The van der Waals surface area contributed by atoms with Crippen molar-refractivity contribution in [2.24, 2.45) is 0 Å². The summed E-state index contributed by atoms with van der Waals surface area (Å²) in [4.78, 5) is 13.9. The van der Waals surface area contributed by atoms with Crippen LogP contribution in [-0.2, 0) is 11.2 Å². The first-order valence-electron chi connectivity index (χ1n) is 8.34. The fourth-order valence-electron chi connectivity index (χ4n) is 2.49. The Kier molecular flexibility index (Phi) is 7.02. The number of hydrogen-bond acceptors (Lipinski definition) is 3. The molecule has 2 rings (SSSR count). The number of aryl methyl sites for hydroxylation is 1. The van der Waals surface area contributed by atoms with E-state index in [0.29, 0.717) is 5.75 Å². The molecule has 0 heterocycles. The SMILES string of the molecule is CCc1ccc(OCC(=O)N(C)C(C)C(O)c2ccccc2)c(Br)c1. The molecule has 0 aromatic heterocycles. The van der Waals surface area contributed by atoms with Gasteiger partial charge < -0.3 is 14.7 Å².